The maximum absolute atomic E-state index is 11.9. The minimum atomic E-state index is -2.76. The molecule has 0 aromatic carbocycles. The summed E-state index contributed by atoms with van der Waals surface area (Å²) in [6, 6.07) is 0. The van der Waals surface area contributed by atoms with Gasteiger partial charge in [0.05, 0.1) is 0 Å². The number of rotatable bonds is 5. The molecule has 78 valence electrons. The number of aldehydes is 1. The van der Waals surface area contributed by atoms with E-state index in [0.717, 1.165) is 0 Å². The molecule has 0 aliphatic heterocycles. The Morgan fingerprint density at radius 3 is 1.69 bits per heavy atom. The topological polar surface area (TPSA) is 118 Å². The van der Waals surface area contributed by atoms with Crippen LogP contribution in [0, 0.1) is 0 Å². The molecule has 0 bridgehead atoms. The van der Waals surface area contributed by atoms with E-state index >= 15 is 0 Å². The third-order valence-corrected chi connectivity index (χ3v) is 1.47. The summed E-state index contributed by atoms with van der Waals surface area (Å²) in [6.07, 6.45) is -11.2. The van der Waals surface area contributed by atoms with Gasteiger partial charge in [-0.25, -0.2) is 4.39 Å². The lowest BCUT2D eigenvalue weighted by Crippen LogP contribution is -2.48. The van der Waals surface area contributed by atoms with Gasteiger partial charge in [0, 0.05) is 0 Å². The molecule has 0 fully saturated rings. The maximum Gasteiger partial charge on any atom is 0.225 e. The molecule has 0 spiro atoms. The molecular weight excluding hydrogens is 187 g/mol. The molecular formula is C6H11FO6. The molecule has 0 heterocycles. The van der Waals surface area contributed by atoms with E-state index in [-0.39, 0.29) is 6.29 Å². The summed E-state index contributed by atoms with van der Waals surface area (Å²) in [5, 5.41) is 43.1. The van der Waals surface area contributed by atoms with Gasteiger partial charge >= 0.3 is 0 Å². The Morgan fingerprint density at radius 2 is 1.38 bits per heavy atom. The number of carbonyl (C=O) groups excluding carboxylic acids is 1. The fourth-order valence-electron chi connectivity index (χ4n) is 0.647. The SMILES string of the molecule is O=C[C@@H](O)[C@@H](O)[C@H](O)[C@H](O)C(O)F. The molecule has 6 nitrogen and oxygen atoms in total. The zero-order valence-corrected chi connectivity index (χ0v) is 6.49. The number of carbonyl (C=O) groups is 1. The van der Waals surface area contributed by atoms with Crippen LogP contribution in [0.25, 0.3) is 0 Å². The van der Waals surface area contributed by atoms with Crippen LogP contribution < -0.4 is 0 Å². The van der Waals surface area contributed by atoms with Gasteiger partial charge in [-0.1, -0.05) is 0 Å². The number of hydrogen-bond donors (Lipinski definition) is 5. The van der Waals surface area contributed by atoms with Gasteiger partial charge < -0.3 is 30.3 Å². The summed E-state index contributed by atoms with van der Waals surface area (Å²) in [5.41, 5.74) is 0. The molecule has 5 N–H and O–H groups in total. The number of halogens is 1. The monoisotopic (exact) mass is 198 g/mol. The molecule has 0 radical (unpaired) electrons. The van der Waals surface area contributed by atoms with E-state index < -0.39 is 30.8 Å². The third kappa shape index (κ3) is 3.33. The first-order valence-electron chi connectivity index (χ1n) is 3.41. The van der Waals surface area contributed by atoms with Gasteiger partial charge in [-0.05, 0) is 0 Å². The molecule has 0 saturated heterocycles. The summed E-state index contributed by atoms with van der Waals surface area (Å²) in [4.78, 5) is 9.88. The molecule has 13 heavy (non-hydrogen) atoms. The van der Waals surface area contributed by atoms with Crippen molar-refractivity contribution in [1.82, 2.24) is 0 Å². The van der Waals surface area contributed by atoms with Crippen LogP contribution in [-0.2, 0) is 4.79 Å². The van der Waals surface area contributed by atoms with Crippen LogP contribution in [0.2, 0.25) is 0 Å². The Kier molecular flexibility index (Phi) is 4.96. The molecule has 0 rings (SSSR count). The Balaban J connectivity index is 4.23. The van der Waals surface area contributed by atoms with Crippen LogP contribution in [0.1, 0.15) is 0 Å². The van der Waals surface area contributed by atoms with E-state index in [1.807, 2.05) is 0 Å². The Bertz CT molecular complexity index is 163. The van der Waals surface area contributed by atoms with Gasteiger partial charge in [-0.3, -0.25) is 0 Å². The van der Waals surface area contributed by atoms with Gasteiger partial charge in [0.2, 0.25) is 6.36 Å². The highest BCUT2D eigenvalue weighted by atomic mass is 19.1. The fraction of sp³-hybridized carbons (Fsp3) is 0.833. The normalized spacial score (nSPS) is 22.9. The highest BCUT2D eigenvalue weighted by molar-refractivity contribution is 5.56. The summed E-state index contributed by atoms with van der Waals surface area (Å²) in [6.45, 7) is 0. The lowest BCUT2D eigenvalue weighted by Gasteiger charge is -2.23. The highest BCUT2D eigenvalue weighted by Crippen LogP contribution is 2.07. The lowest BCUT2D eigenvalue weighted by atomic mass is 10.0. The van der Waals surface area contributed by atoms with E-state index in [4.69, 9.17) is 25.5 Å². The summed E-state index contributed by atoms with van der Waals surface area (Å²) < 4.78 is 11.9. The van der Waals surface area contributed by atoms with E-state index in [9.17, 15) is 9.18 Å². The van der Waals surface area contributed by atoms with Crippen molar-refractivity contribution in [3.8, 4) is 0 Å². The van der Waals surface area contributed by atoms with Crippen molar-refractivity contribution >= 4 is 6.29 Å². The zero-order chi connectivity index (χ0) is 10.6. The van der Waals surface area contributed by atoms with Crippen molar-refractivity contribution in [3.05, 3.63) is 0 Å². The Morgan fingerprint density at radius 1 is 0.923 bits per heavy atom. The van der Waals surface area contributed by atoms with Crippen molar-refractivity contribution in [2.45, 2.75) is 30.8 Å². The van der Waals surface area contributed by atoms with Crippen molar-refractivity contribution in [2.75, 3.05) is 0 Å². The summed E-state index contributed by atoms with van der Waals surface area (Å²) in [7, 11) is 0. The second-order valence-electron chi connectivity index (χ2n) is 2.47. The van der Waals surface area contributed by atoms with E-state index in [1.165, 1.54) is 0 Å². The molecule has 0 aromatic rings. The Hall–Kier alpha value is -0.600. The molecule has 0 aliphatic rings. The molecule has 7 heteroatoms. The van der Waals surface area contributed by atoms with E-state index in [1.54, 1.807) is 0 Å². The van der Waals surface area contributed by atoms with Crippen molar-refractivity contribution in [2.24, 2.45) is 0 Å². The van der Waals surface area contributed by atoms with Gasteiger partial charge in [-0.15, -0.1) is 0 Å². The predicted octanol–water partition coefficient (Wildman–Crippen LogP) is -3.08. The molecule has 1 unspecified atom stereocenters. The smallest absolute Gasteiger partial charge is 0.225 e. The first-order chi connectivity index (χ1) is 5.91. The van der Waals surface area contributed by atoms with Crippen molar-refractivity contribution in [3.63, 3.8) is 0 Å². The molecule has 0 aliphatic carbocycles. The van der Waals surface area contributed by atoms with Gasteiger partial charge in [0.25, 0.3) is 0 Å². The second kappa shape index (κ2) is 5.20. The predicted molar refractivity (Wildman–Crippen MR) is 37.2 cm³/mol. The summed E-state index contributed by atoms with van der Waals surface area (Å²) in [5.74, 6) is 0. The zero-order valence-electron chi connectivity index (χ0n) is 6.49. The minimum absolute atomic E-state index is 0.0920. The number of aliphatic hydroxyl groups is 5. The average Bonchev–Trinajstić information content (AvgIpc) is 2.12. The van der Waals surface area contributed by atoms with Crippen molar-refractivity contribution < 1.29 is 34.7 Å². The van der Waals surface area contributed by atoms with Crippen LogP contribution >= 0.6 is 0 Å². The van der Waals surface area contributed by atoms with Crippen LogP contribution in [0.3, 0.4) is 0 Å². The first kappa shape index (κ1) is 12.4. The largest absolute Gasteiger partial charge is 0.387 e. The minimum Gasteiger partial charge on any atom is -0.387 e. The summed E-state index contributed by atoms with van der Waals surface area (Å²) >= 11 is 0. The molecule has 0 saturated carbocycles. The van der Waals surface area contributed by atoms with Crippen molar-refractivity contribution in [1.29, 1.82) is 0 Å². The lowest BCUT2D eigenvalue weighted by molar-refractivity contribution is -0.163. The van der Waals surface area contributed by atoms with E-state index in [2.05, 4.69) is 0 Å². The number of hydrogen-bond acceptors (Lipinski definition) is 6. The van der Waals surface area contributed by atoms with Gasteiger partial charge in [0.1, 0.15) is 24.4 Å². The highest BCUT2D eigenvalue weighted by Gasteiger charge is 2.34. The Labute approximate surface area is 72.9 Å². The van der Waals surface area contributed by atoms with Crippen LogP contribution in [0.4, 0.5) is 4.39 Å². The van der Waals surface area contributed by atoms with E-state index in [0.29, 0.717) is 0 Å². The second-order valence-corrected chi connectivity index (χ2v) is 2.47. The van der Waals surface area contributed by atoms with Gasteiger partial charge in [-0.2, -0.15) is 0 Å². The third-order valence-electron chi connectivity index (χ3n) is 1.47. The van der Waals surface area contributed by atoms with Crippen LogP contribution in [0.5, 0.6) is 0 Å². The van der Waals surface area contributed by atoms with Crippen LogP contribution in [-0.4, -0.2) is 62.6 Å². The maximum atomic E-state index is 11.9. The number of alkyl halides is 1. The fourth-order valence-corrected chi connectivity index (χ4v) is 0.647. The molecule has 0 amide bonds. The quantitative estimate of drug-likeness (QED) is 0.299. The average molecular weight is 198 g/mol. The number of aliphatic hydroxyl groups excluding tert-OH is 5. The van der Waals surface area contributed by atoms with Gasteiger partial charge in [0.15, 0.2) is 6.29 Å². The first-order valence-corrected chi connectivity index (χ1v) is 3.41. The standard InChI is InChI=1S/C6H11FO6/c7-6(13)5(12)4(11)3(10)2(9)1-8/h1-6,9-13H/t2-,3-,4+,5+,6?/m1/s1. The molecule has 5 atom stereocenters. The molecule has 0 aromatic heterocycles. The van der Waals surface area contributed by atoms with Crippen LogP contribution in [0.15, 0.2) is 0 Å².